The minimum atomic E-state index is 0.102. The van der Waals surface area contributed by atoms with Crippen LogP contribution in [0.1, 0.15) is 28.3 Å². The van der Waals surface area contributed by atoms with Crippen molar-refractivity contribution in [2.75, 3.05) is 0 Å². The fraction of sp³-hybridized carbons (Fsp3) is 0.115. The van der Waals surface area contributed by atoms with E-state index >= 15 is 0 Å². The Labute approximate surface area is 164 Å². The van der Waals surface area contributed by atoms with Gasteiger partial charge in [0.25, 0.3) is 0 Å². The summed E-state index contributed by atoms with van der Waals surface area (Å²) in [5.74, 6) is 0.102. The molecular formula is C26H21NO. The van der Waals surface area contributed by atoms with E-state index in [-0.39, 0.29) is 5.92 Å². The second kappa shape index (κ2) is 6.97. The molecular weight excluding hydrogens is 342 g/mol. The van der Waals surface area contributed by atoms with Gasteiger partial charge >= 0.3 is 0 Å². The third-order valence-corrected chi connectivity index (χ3v) is 5.75. The van der Waals surface area contributed by atoms with Gasteiger partial charge in [-0.1, -0.05) is 78.9 Å². The number of para-hydroxylation sites is 1. The predicted molar refractivity (Wildman–Crippen MR) is 114 cm³/mol. The number of aromatic nitrogens is 1. The maximum Gasteiger partial charge on any atom is 0.146 e. The molecule has 0 radical (unpaired) electrons. The third kappa shape index (κ3) is 2.78. The van der Waals surface area contributed by atoms with E-state index in [1.54, 1.807) is 0 Å². The summed E-state index contributed by atoms with van der Waals surface area (Å²) in [7, 11) is 0. The molecule has 0 aliphatic heterocycles. The Morgan fingerprint density at radius 2 is 1.54 bits per heavy atom. The lowest BCUT2D eigenvalue weighted by molar-refractivity contribution is -0.105. The first-order valence-corrected chi connectivity index (χ1v) is 9.71. The molecule has 5 rings (SSSR count). The second-order valence-electron chi connectivity index (χ2n) is 7.38. The molecule has 0 bridgehead atoms. The number of hydrogen-bond donors (Lipinski definition) is 0. The molecule has 28 heavy (non-hydrogen) atoms. The lowest BCUT2D eigenvalue weighted by Gasteiger charge is -2.24. The van der Waals surface area contributed by atoms with Gasteiger partial charge in [0.15, 0.2) is 0 Å². The van der Waals surface area contributed by atoms with Crippen LogP contribution in [-0.2, 0) is 17.8 Å². The van der Waals surface area contributed by atoms with Crippen molar-refractivity contribution in [3.63, 3.8) is 0 Å². The van der Waals surface area contributed by atoms with Gasteiger partial charge in [0, 0.05) is 40.2 Å². The normalized spacial score (nSPS) is 15.9. The topological polar surface area (TPSA) is 22.0 Å². The highest BCUT2D eigenvalue weighted by molar-refractivity contribution is 5.97. The number of nitrogens with zero attached hydrogens (tertiary/aromatic N) is 1. The standard InChI is InChI=1S/C26H21NO/c28-18-21-15-24-22-13-7-8-14-25(22)27(17-19-9-3-1-4-10-19)26(24)16-23(21)20-11-5-2-6-12-20/h1-15,18,23H,16-17H2/t23-/m1/s1. The van der Waals surface area contributed by atoms with E-state index in [0.29, 0.717) is 0 Å². The zero-order chi connectivity index (χ0) is 18.9. The fourth-order valence-corrected chi connectivity index (χ4v) is 4.40. The number of carbonyl (C=O) groups excluding carboxylic acids is 1. The lowest BCUT2D eigenvalue weighted by Crippen LogP contribution is -2.16. The highest BCUT2D eigenvalue weighted by Gasteiger charge is 2.27. The Morgan fingerprint density at radius 1 is 0.857 bits per heavy atom. The SMILES string of the molecule is O=CC1=Cc2c(n(Cc3ccccc3)c3ccccc23)C[C@@H]1c1ccccc1. The third-order valence-electron chi connectivity index (χ3n) is 5.75. The molecule has 1 heterocycles. The molecule has 136 valence electrons. The molecule has 3 aromatic carbocycles. The summed E-state index contributed by atoms with van der Waals surface area (Å²) in [6.45, 7) is 0.836. The number of fused-ring (bicyclic) bond motifs is 3. The van der Waals surface area contributed by atoms with Gasteiger partial charge in [0.05, 0.1) is 0 Å². The average molecular weight is 363 g/mol. The van der Waals surface area contributed by atoms with Crippen LogP contribution in [-0.4, -0.2) is 10.9 Å². The van der Waals surface area contributed by atoms with Crippen LogP contribution >= 0.6 is 0 Å². The van der Waals surface area contributed by atoms with Crippen molar-refractivity contribution in [3.05, 3.63) is 113 Å². The van der Waals surface area contributed by atoms with Crippen LogP contribution < -0.4 is 0 Å². The van der Waals surface area contributed by atoms with Crippen molar-refractivity contribution in [3.8, 4) is 0 Å². The molecule has 2 heteroatoms. The van der Waals surface area contributed by atoms with Crippen molar-refractivity contribution < 1.29 is 4.79 Å². The van der Waals surface area contributed by atoms with Crippen molar-refractivity contribution in [2.45, 2.75) is 18.9 Å². The predicted octanol–water partition coefficient (Wildman–Crippen LogP) is 5.61. The molecule has 0 saturated heterocycles. The highest BCUT2D eigenvalue weighted by atomic mass is 16.1. The van der Waals surface area contributed by atoms with Gasteiger partial charge in [-0.3, -0.25) is 4.79 Å². The quantitative estimate of drug-likeness (QED) is 0.432. The summed E-state index contributed by atoms with van der Waals surface area (Å²) < 4.78 is 2.42. The Bertz CT molecular complexity index is 1170. The van der Waals surface area contributed by atoms with Gasteiger partial charge in [-0.15, -0.1) is 0 Å². The molecule has 0 N–H and O–H groups in total. The molecule has 1 aliphatic rings. The van der Waals surface area contributed by atoms with Crippen LogP contribution in [0.5, 0.6) is 0 Å². The van der Waals surface area contributed by atoms with Crippen molar-refractivity contribution in [1.29, 1.82) is 0 Å². The lowest BCUT2D eigenvalue weighted by atomic mass is 9.82. The van der Waals surface area contributed by atoms with Crippen LogP contribution in [0.2, 0.25) is 0 Å². The highest BCUT2D eigenvalue weighted by Crippen LogP contribution is 2.39. The van der Waals surface area contributed by atoms with Gasteiger partial charge in [-0.05, 0) is 29.7 Å². The van der Waals surface area contributed by atoms with E-state index in [4.69, 9.17) is 0 Å². The van der Waals surface area contributed by atoms with Gasteiger partial charge in [0.1, 0.15) is 6.29 Å². The summed E-state index contributed by atoms with van der Waals surface area (Å²) >= 11 is 0. The van der Waals surface area contributed by atoms with Crippen molar-refractivity contribution in [1.82, 2.24) is 4.57 Å². The zero-order valence-electron chi connectivity index (χ0n) is 15.6. The van der Waals surface area contributed by atoms with E-state index in [2.05, 4.69) is 77.4 Å². The first-order valence-electron chi connectivity index (χ1n) is 9.71. The maximum atomic E-state index is 11.9. The van der Waals surface area contributed by atoms with E-state index in [1.165, 1.54) is 33.3 Å². The molecule has 4 aromatic rings. The van der Waals surface area contributed by atoms with E-state index in [1.807, 2.05) is 18.2 Å². The molecule has 0 unspecified atom stereocenters. The van der Waals surface area contributed by atoms with Gasteiger partial charge < -0.3 is 4.57 Å². The van der Waals surface area contributed by atoms with E-state index in [0.717, 1.165) is 24.8 Å². The summed E-state index contributed by atoms with van der Waals surface area (Å²) in [6, 6.07) is 29.5. The Hall–Kier alpha value is -3.39. The van der Waals surface area contributed by atoms with Crippen molar-refractivity contribution in [2.24, 2.45) is 0 Å². The Balaban J connectivity index is 1.69. The molecule has 0 amide bonds. The Kier molecular flexibility index (Phi) is 4.17. The van der Waals surface area contributed by atoms with Gasteiger partial charge in [0.2, 0.25) is 0 Å². The number of benzene rings is 3. The maximum absolute atomic E-state index is 11.9. The van der Waals surface area contributed by atoms with Crippen molar-refractivity contribution >= 4 is 23.3 Å². The number of hydrogen-bond acceptors (Lipinski definition) is 1. The number of aldehydes is 1. The summed E-state index contributed by atoms with van der Waals surface area (Å²) in [6.07, 6.45) is 3.97. The van der Waals surface area contributed by atoms with E-state index < -0.39 is 0 Å². The molecule has 1 aromatic heterocycles. The first kappa shape index (κ1) is 16.8. The number of allylic oxidation sites excluding steroid dienone is 1. The fourth-order valence-electron chi connectivity index (χ4n) is 4.40. The molecule has 1 aliphatic carbocycles. The average Bonchev–Trinajstić information content (AvgIpc) is 3.07. The number of rotatable bonds is 4. The van der Waals surface area contributed by atoms with Crippen LogP contribution in [0.15, 0.2) is 90.5 Å². The van der Waals surface area contributed by atoms with Crippen LogP contribution in [0.4, 0.5) is 0 Å². The molecule has 0 saturated carbocycles. The number of carbonyl (C=O) groups is 1. The molecule has 1 atom stereocenters. The van der Waals surface area contributed by atoms with Crippen LogP contribution in [0.3, 0.4) is 0 Å². The largest absolute Gasteiger partial charge is 0.340 e. The van der Waals surface area contributed by atoms with Crippen LogP contribution in [0.25, 0.3) is 17.0 Å². The molecule has 0 fully saturated rings. The second-order valence-corrected chi connectivity index (χ2v) is 7.38. The minimum Gasteiger partial charge on any atom is -0.340 e. The van der Waals surface area contributed by atoms with Crippen LogP contribution in [0, 0.1) is 0 Å². The smallest absolute Gasteiger partial charge is 0.146 e. The van der Waals surface area contributed by atoms with Gasteiger partial charge in [-0.25, -0.2) is 0 Å². The monoisotopic (exact) mass is 363 g/mol. The molecule has 2 nitrogen and oxygen atoms in total. The first-order chi connectivity index (χ1) is 13.8. The summed E-state index contributed by atoms with van der Waals surface area (Å²) in [4.78, 5) is 11.9. The van der Waals surface area contributed by atoms with E-state index in [9.17, 15) is 4.79 Å². The zero-order valence-corrected chi connectivity index (χ0v) is 15.6. The van der Waals surface area contributed by atoms with Gasteiger partial charge in [-0.2, -0.15) is 0 Å². The molecule has 0 spiro atoms. The Morgan fingerprint density at radius 3 is 2.29 bits per heavy atom. The summed E-state index contributed by atoms with van der Waals surface area (Å²) in [5, 5.41) is 1.22. The summed E-state index contributed by atoms with van der Waals surface area (Å²) in [5.41, 5.74) is 7.08. The minimum absolute atomic E-state index is 0.102.